The van der Waals surface area contributed by atoms with Crippen LogP contribution in [0.15, 0.2) is 54.6 Å². The summed E-state index contributed by atoms with van der Waals surface area (Å²) < 4.78 is 22.4. The summed E-state index contributed by atoms with van der Waals surface area (Å²) in [5.74, 6) is 1.55. The van der Waals surface area contributed by atoms with Gasteiger partial charge in [0.2, 0.25) is 0 Å². The van der Waals surface area contributed by atoms with Gasteiger partial charge in [-0.2, -0.15) is 0 Å². The summed E-state index contributed by atoms with van der Waals surface area (Å²) in [6.07, 6.45) is -0.416. The normalized spacial score (nSPS) is 17.3. The largest absolute Gasteiger partial charge is 0.496 e. The molecule has 3 aliphatic heterocycles. The third kappa shape index (κ3) is 4.24. The second-order valence-corrected chi connectivity index (χ2v) is 10.4. The van der Waals surface area contributed by atoms with Crippen LogP contribution in [0.5, 0.6) is 17.2 Å². The number of hydrogen-bond donors (Lipinski definition) is 1. The molecular formula is C30H32N4O6. The van der Waals surface area contributed by atoms with Crippen molar-refractivity contribution >= 4 is 29.1 Å². The van der Waals surface area contributed by atoms with Crippen LogP contribution in [0, 0.1) is 0 Å². The lowest BCUT2D eigenvalue weighted by atomic mass is 9.93. The minimum atomic E-state index is -0.805. The van der Waals surface area contributed by atoms with Crippen LogP contribution in [0.25, 0.3) is 11.1 Å². The molecule has 0 saturated carbocycles. The predicted molar refractivity (Wildman–Crippen MR) is 151 cm³/mol. The number of hydrogen-bond acceptors (Lipinski definition) is 8. The number of para-hydroxylation sites is 2. The fourth-order valence-corrected chi connectivity index (χ4v) is 5.50. The van der Waals surface area contributed by atoms with Gasteiger partial charge in [-0.1, -0.05) is 18.2 Å². The van der Waals surface area contributed by atoms with E-state index in [0.29, 0.717) is 50.1 Å². The smallest absolute Gasteiger partial charge is 0.415 e. The molecule has 0 bridgehead atoms. The molecule has 40 heavy (non-hydrogen) atoms. The molecule has 208 valence electrons. The number of carbonyl (C=O) groups excluding carboxylic acids is 2. The van der Waals surface area contributed by atoms with Crippen molar-refractivity contribution in [1.29, 1.82) is 0 Å². The summed E-state index contributed by atoms with van der Waals surface area (Å²) in [6, 6.07) is 17.1. The third-order valence-electron chi connectivity index (χ3n) is 7.52. The molecule has 0 atom stereocenters. The number of nitrogens with zero attached hydrogens (tertiary/aromatic N) is 3. The van der Waals surface area contributed by atoms with Crippen LogP contribution >= 0.6 is 0 Å². The topological polar surface area (TPSA) is 92.8 Å². The number of rotatable bonds is 5. The molecule has 0 radical (unpaired) electrons. The van der Waals surface area contributed by atoms with Gasteiger partial charge in [0, 0.05) is 30.3 Å². The highest BCUT2D eigenvalue weighted by atomic mass is 16.6. The molecule has 3 heterocycles. The quantitative estimate of drug-likeness (QED) is 0.495. The summed E-state index contributed by atoms with van der Waals surface area (Å²) in [5, 5.41) is 7.14. The summed E-state index contributed by atoms with van der Waals surface area (Å²) in [7, 11) is 3.21. The maximum Gasteiger partial charge on any atom is 0.415 e. The van der Waals surface area contributed by atoms with E-state index in [9.17, 15) is 9.59 Å². The average Bonchev–Trinajstić information content (AvgIpc) is 3.38. The zero-order chi connectivity index (χ0) is 28.0. The number of ether oxygens (including phenoxy) is 4. The van der Waals surface area contributed by atoms with Crippen molar-refractivity contribution in [3.05, 3.63) is 60.2 Å². The van der Waals surface area contributed by atoms with Crippen molar-refractivity contribution in [2.75, 3.05) is 55.9 Å². The molecule has 0 spiro atoms. The minimum absolute atomic E-state index is 0.0702. The van der Waals surface area contributed by atoms with Gasteiger partial charge in [-0.3, -0.25) is 9.80 Å². The fourth-order valence-electron chi connectivity index (χ4n) is 5.50. The SMILES string of the molecule is COc1cc(OC(=O)N2CCOCC2)ccc1-c1ccc2c3c1CN(c1ccccc1OC)N3C(=O)C(C)(C)N2. The van der Waals surface area contributed by atoms with E-state index < -0.39 is 11.6 Å². The lowest BCUT2D eigenvalue weighted by Crippen LogP contribution is -2.57. The zero-order valence-corrected chi connectivity index (χ0v) is 23.0. The Balaban J connectivity index is 1.41. The van der Waals surface area contributed by atoms with Crippen molar-refractivity contribution in [2.24, 2.45) is 0 Å². The van der Waals surface area contributed by atoms with Gasteiger partial charge in [0.15, 0.2) is 0 Å². The molecule has 3 aromatic carbocycles. The molecule has 0 aliphatic carbocycles. The van der Waals surface area contributed by atoms with Crippen LogP contribution < -0.4 is 29.5 Å². The van der Waals surface area contributed by atoms with E-state index in [-0.39, 0.29) is 5.91 Å². The third-order valence-corrected chi connectivity index (χ3v) is 7.52. The van der Waals surface area contributed by atoms with Gasteiger partial charge in [-0.15, -0.1) is 0 Å². The first-order valence-electron chi connectivity index (χ1n) is 13.2. The van der Waals surface area contributed by atoms with Crippen molar-refractivity contribution in [3.8, 4) is 28.4 Å². The van der Waals surface area contributed by atoms with E-state index in [1.54, 1.807) is 36.3 Å². The number of benzene rings is 3. The van der Waals surface area contributed by atoms with Crippen LogP contribution in [0.4, 0.5) is 21.9 Å². The molecule has 10 nitrogen and oxygen atoms in total. The first-order valence-corrected chi connectivity index (χ1v) is 13.2. The molecule has 6 rings (SSSR count). The number of carbonyl (C=O) groups is 2. The molecule has 3 aromatic rings. The van der Waals surface area contributed by atoms with E-state index in [1.807, 2.05) is 61.3 Å². The van der Waals surface area contributed by atoms with Gasteiger partial charge in [-0.25, -0.2) is 9.80 Å². The van der Waals surface area contributed by atoms with Crippen LogP contribution in [-0.4, -0.2) is 63.0 Å². The second-order valence-electron chi connectivity index (χ2n) is 10.4. The Kier molecular flexibility index (Phi) is 6.42. The first kappa shape index (κ1) is 25.8. The Morgan fingerprint density at radius 1 is 0.950 bits per heavy atom. The van der Waals surface area contributed by atoms with Crippen LogP contribution in [-0.2, 0) is 16.1 Å². The van der Waals surface area contributed by atoms with E-state index >= 15 is 0 Å². The van der Waals surface area contributed by atoms with Gasteiger partial charge in [0.1, 0.15) is 28.5 Å². The highest BCUT2D eigenvalue weighted by Crippen LogP contribution is 2.51. The van der Waals surface area contributed by atoms with E-state index in [2.05, 4.69) is 5.32 Å². The Labute approximate surface area is 232 Å². The summed E-state index contributed by atoms with van der Waals surface area (Å²) in [4.78, 5) is 28.1. The van der Waals surface area contributed by atoms with Crippen molar-refractivity contribution in [2.45, 2.75) is 25.9 Å². The standard InChI is InChI=1S/C30H32N4O6/c1-30(2)28(35)34-27-22(18-33(34)24-7-5-6-8-25(24)37-3)20(11-12-23(27)31-30)21-10-9-19(17-26(21)38-4)40-29(36)32-13-15-39-16-14-32/h5-12,17,31H,13-16,18H2,1-4H3. The van der Waals surface area contributed by atoms with Gasteiger partial charge in [0.05, 0.1) is 45.4 Å². The maximum absolute atomic E-state index is 13.8. The molecule has 1 N–H and O–H groups in total. The molecule has 2 amide bonds. The second kappa shape index (κ2) is 9.95. The molecule has 0 aromatic heterocycles. The van der Waals surface area contributed by atoms with Crippen molar-refractivity contribution < 1.29 is 28.5 Å². The molecule has 10 heteroatoms. The van der Waals surface area contributed by atoms with E-state index in [4.69, 9.17) is 18.9 Å². The van der Waals surface area contributed by atoms with Crippen molar-refractivity contribution in [3.63, 3.8) is 0 Å². The lowest BCUT2D eigenvalue weighted by Gasteiger charge is -2.41. The summed E-state index contributed by atoms with van der Waals surface area (Å²) in [5.41, 5.74) is 4.37. The Bertz CT molecular complexity index is 1480. The highest BCUT2D eigenvalue weighted by Gasteiger charge is 2.47. The number of morpholine rings is 1. The Morgan fingerprint density at radius 2 is 1.68 bits per heavy atom. The number of nitrogens with one attached hydrogen (secondary N) is 1. The summed E-state index contributed by atoms with van der Waals surface area (Å²) in [6.45, 7) is 6.19. The number of amides is 2. The molecule has 1 saturated heterocycles. The van der Waals surface area contributed by atoms with Crippen LogP contribution in [0.2, 0.25) is 0 Å². The zero-order valence-electron chi connectivity index (χ0n) is 23.0. The Hall–Kier alpha value is -4.44. The van der Waals surface area contributed by atoms with Crippen LogP contribution in [0.1, 0.15) is 19.4 Å². The Morgan fingerprint density at radius 3 is 2.42 bits per heavy atom. The molecule has 1 fully saturated rings. The molecular weight excluding hydrogens is 512 g/mol. The first-order chi connectivity index (χ1) is 19.3. The van der Waals surface area contributed by atoms with E-state index in [0.717, 1.165) is 33.8 Å². The molecule has 3 aliphatic rings. The number of methoxy groups -OCH3 is 2. The highest BCUT2D eigenvalue weighted by molar-refractivity contribution is 6.12. The van der Waals surface area contributed by atoms with Gasteiger partial charge < -0.3 is 29.2 Å². The van der Waals surface area contributed by atoms with Gasteiger partial charge in [-0.05, 0) is 49.7 Å². The molecule has 0 unspecified atom stereocenters. The predicted octanol–water partition coefficient (Wildman–Crippen LogP) is 4.67. The van der Waals surface area contributed by atoms with Gasteiger partial charge in [0.25, 0.3) is 5.91 Å². The van der Waals surface area contributed by atoms with E-state index in [1.165, 1.54) is 0 Å². The van der Waals surface area contributed by atoms with Crippen LogP contribution in [0.3, 0.4) is 0 Å². The average molecular weight is 545 g/mol. The lowest BCUT2D eigenvalue weighted by molar-refractivity contribution is -0.122. The maximum atomic E-state index is 13.8. The number of anilines is 3. The monoisotopic (exact) mass is 544 g/mol. The van der Waals surface area contributed by atoms with Gasteiger partial charge >= 0.3 is 6.09 Å². The minimum Gasteiger partial charge on any atom is -0.496 e. The van der Waals surface area contributed by atoms with Crippen molar-refractivity contribution in [1.82, 2.24) is 4.90 Å². The fraction of sp³-hybridized carbons (Fsp3) is 0.333. The summed E-state index contributed by atoms with van der Waals surface area (Å²) >= 11 is 0. The number of hydrazine groups is 1.